The second kappa shape index (κ2) is 6.01. The average molecular weight is 233 g/mol. The largest absolute Gasteiger partial charge is 0.291 e. The Hall–Kier alpha value is -0.700. The fraction of sp³-hybridized carbons (Fsp3) is 0.727. The van der Waals surface area contributed by atoms with E-state index in [1.165, 1.54) is 0 Å². The third-order valence-electron chi connectivity index (χ3n) is 1.78. The molecule has 0 aromatic carbocycles. The van der Waals surface area contributed by atoms with Gasteiger partial charge in [-0.15, -0.1) is 0 Å². The summed E-state index contributed by atoms with van der Waals surface area (Å²) in [4.78, 5) is 33.1. The van der Waals surface area contributed by atoms with Crippen molar-refractivity contribution in [1.29, 1.82) is 0 Å². The molecule has 0 saturated carbocycles. The van der Waals surface area contributed by atoms with Gasteiger partial charge in [0, 0.05) is 19.3 Å². The first kappa shape index (κ1) is 14.3. The Morgan fingerprint density at radius 1 is 1.00 bits per heavy atom. The molecule has 15 heavy (non-hydrogen) atoms. The number of hydrogen-bond donors (Lipinski definition) is 0. The third-order valence-corrected chi connectivity index (χ3v) is 1.97. The van der Waals surface area contributed by atoms with Crippen LogP contribution < -0.4 is 0 Å². The zero-order valence-corrected chi connectivity index (χ0v) is 10.2. The summed E-state index contributed by atoms with van der Waals surface area (Å²) in [6, 6.07) is 0. The van der Waals surface area contributed by atoms with Gasteiger partial charge in [0.2, 0.25) is 5.24 Å². The molecule has 0 amide bonds. The Kier molecular flexibility index (Phi) is 5.73. The maximum absolute atomic E-state index is 11.4. The predicted molar refractivity (Wildman–Crippen MR) is 58.8 cm³/mol. The Morgan fingerprint density at radius 3 is 1.93 bits per heavy atom. The maximum Gasteiger partial charge on any atom is 0.221 e. The van der Waals surface area contributed by atoms with E-state index in [1.54, 1.807) is 0 Å². The zero-order valence-electron chi connectivity index (χ0n) is 9.43. The zero-order chi connectivity index (χ0) is 12.1. The molecule has 0 bridgehead atoms. The van der Waals surface area contributed by atoms with Crippen molar-refractivity contribution in [2.75, 3.05) is 0 Å². The van der Waals surface area contributed by atoms with E-state index in [9.17, 15) is 14.4 Å². The molecule has 0 radical (unpaired) electrons. The van der Waals surface area contributed by atoms with Gasteiger partial charge >= 0.3 is 0 Å². The summed E-state index contributed by atoms with van der Waals surface area (Å²) in [6.45, 7) is 5.71. The first-order valence-corrected chi connectivity index (χ1v) is 5.34. The highest BCUT2D eigenvalue weighted by molar-refractivity contribution is 6.63. The Balaban J connectivity index is 3.91. The number of ketones is 2. The fourth-order valence-electron chi connectivity index (χ4n) is 1.11. The third kappa shape index (κ3) is 8.30. The van der Waals surface area contributed by atoms with Crippen molar-refractivity contribution in [2.24, 2.45) is 5.41 Å². The van der Waals surface area contributed by atoms with Gasteiger partial charge in [0.05, 0.1) is 0 Å². The van der Waals surface area contributed by atoms with Gasteiger partial charge in [-0.1, -0.05) is 20.8 Å². The summed E-state index contributed by atoms with van der Waals surface area (Å²) in [6.07, 6.45) is 0.876. The van der Waals surface area contributed by atoms with E-state index in [4.69, 9.17) is 11.6 Å². The summed E-state index contributed by atoms with van der Waals surface area (Å²) in [5.41, 5.74) is -0.172. The fourth-order valence-corrected chi connectivity index (χ4v) is 1.24. The van der Waals surface area contributed by atoms with Crippen LogP contribution >= 0.6 is 11.6 Å². The minimum absolute atomic E-state index is 0.118. The molecule has 0 rings (SSSR count). The first-order chi connectivity index (χ1) is 6.72. The normalized spacial score (nSPS) is 11.2. The molecule has 0 heterocycles. The molecule has 0 atom stereocenters. The lowest BCUT2D eigenvalue weighted by molar-refractivity contribution is -0.137. The molecule has 0 N–H and O–H groups in total. The van der Waals surface area contributed by atoms with E-state index in [2.05, 4.69) is 0 Å². The van der Waals surface area contributed by atoms with Crippen molar-refractivity contribution < 1.29 is 14.4 Å². The van der Waals surface area contributed by atoms with Gasteiger partial charge in [0.15, 0.2) is 11.6 Å². The average Bonchev–Trinajstić information content (AvgIpc) is 1.99. The van der Waals surface area contributed by atoms with Crippen molar-refractivity contribution >= 4 is 28.4 Å². The molecule has 0 aliphatic heterocycles. The SMILES string of the molecule is CC(C)(C)CC(=O)C(=O)CCCC(=O)Cl. The topological polar surface area (TPSA) is 51.2 Å². The van der Waals surface area contributed by atoms with Crippen LogP contribution in [0.4, 0.5) is 0 Å². The van der Waals surface area contributed by atoms with Crippen LogP contribution in [-0.2, 0) is 14.4 Å². The van der Waals surface area contributed by atoms with Crippen molar-refractivity contribution in [1.82, 2.24) is 0 Å². The first-order valence-electron chi connectivity index (χ1n) is 4.97. The minimum Gasteiger partial charge on any atom is -0.291 e. The summed E-state index contributed by atoms with van der Waals surface area (Å²) < 4.78 is 0. The number of Topliss-reactive ketones (excluding diaryl/α,β-unsaturated/α-hetero) is 2. The van der Waals surface area contributed by atoms with Crippen molar-refractivity contribution in [2.45, 2.75) is 46.5 Å². The Bertz CT molecular complexity index is 263. The summed E-state index contributed by atoms with van der Waals surface area (Å²) in [5, 5.41) is -0.467. The van der Waals surface area contributed by atoms with Crippen molar-refractivity contribution in [3.8, 4) is 0 Å². The molecule has 4 heteroatoms. The predicted octanol–water partition coefficient (Wildman–Crippen LogP) is 2.50. The van der Waals surface area contributed by atoms with Gasteiger partial charge in [-0.05, 0) is 23.4 Å². The number of hydrogen-bond acceptors (Lipinski definition) is 3. The summed E-state index contributed by atoms with van der Waals surface area (Å²) >= 11 is 5.11. The molecule has 0 fully saturated rings. The maximum atomic E-state index is 11.4. The van der Waals surface area contributed by atoms with Gasteiger partial charge < -0.3 is 0 Å². The van der Waals surface area contributed by atoms with Crippen LogP contribution in [0.3, 0.4) is 0 Å². The molecule has 0 spiro atoms. The standard InChI is InChI=1S/C11H17ClO3/c1-11(2,3)7-9(14)8(13)5-4-6-10(12)15/h4-7H2,1-3H3. The number of halogens is 1. The molecule has 86 valence electrons. The van der Waals surface area contributed by atoms with Crippen molar-refractivity contribution in [3.63, 3.8) is 0 Å². The Labute approximate surface area is 95.2 Å². The molecule has 0 aromatic rings. The highest BCUT2D eigenvalue weighted by Crippen LogP contribution is 2.19. The molecule has 0 aliphatic rings. The van der Waals surface area contributed by atoms with E-state index in [0.717, 1.165) is 0 Å². The molecule has 3 nitrogen and oxygen atoms in total. The lowest BCUT2D eigenvalue weighted by atomic mass is 9.88. The summed E-state index contributed by atoms with van der Waals surface area (Å²) in [7, 11) is 0. The minimum atomic E-state index is -0.467. The highest BCUT2D eigenvalue weighted by atomic mass is 35.5. The number of carbonyl (C=O) groups excluding carboxylic acids is 3. The van der Waals surface area contributed by atoms with Gasteiger partial charge in [-0.3, -0.25) is 14.4 Å². The molecule has 0 aromatic heterocycles. The molecule has 0 unspecified atom stereocenters. The van der Waals surface area contributed by atoms with Crippen LogP contribution in [0.1, 0.15) is 46.5 Å². The van der Waals surface area contributed by atoms with Crippen LogP contribution in [0, 0.1) is 5.41 Å². The smallest absolute Gasteiger partial charge is 0.221 e. The Morgan fingerprint density at radius 2 is 1.53 bits per heavy atom. The van der Waals surface area contributed by atoms with E-state index in [0.29, 0.717) is 6.42 Å². The van der Waals surface area contributed by atoms with Crippen LogP contribution in [-0.4, -0.2) is 16.8 Å². The molecule has 0 saturated heterocycles. The van der Waals surface area contributed by atoms with E-state index >= 15 is 0 Å². The lowest BCUT2D eigenvalue weighted by Gasteiger charge is -2.15. The lowest BCUT2D eigenvalue weighted by Crippen LogP contribution is -2.20. The van der Waals surface area contributed by atoms with E-state index in [1.807, 2.05) is 20.8 Å². The van der Waals surface area contributed by atoms with Gasteiger partial charge in [-0.25, -0.2) is 0 Å². The van der Waals surface area contributed by atoms with Crippen LogP contribution in [0.15, 0.2) is 0 Å². The van der Waals surface area contributed by atoms with Crippen molar-refractivity contribution in [3.05, 3.63) is 0 Å². The number of carbonyl (C=O) groups is 3. The second-order valence-electron chi connectivity index (χ2n) is 4.79. The molecule has 0 aliphatic carbocycles. The summed E-state index contributed by atoms with van der Waals surface area (Å²) in [5.74, 6) is -0.757. The molecular formula is C11H17ClO3. The monoisotopic (exact) mass is 232 g/mol. The quantitative estimate of drug-likeness (QED) is 0.522. The van der Waals surface area contributed by atoms with Gasteiger partial charge in [-0.2, -0.15) is 0 Å². The highest BCUT2D eigenvalue weighted by Gasteiger charge is 2.21. The van der Waals surface area contributed by atoms with Crippen LogP contribution in [0.2, 0.25) is 0 Å². The second-order valence-corrected chi connectivity index (χ2v) is 5.21. The van der Waals surface area contributed by atoms with Crippen LogP contribution in [0.25, 0.3) is 0 Å². The van der Waals surface area contributed by atoms with E-state index < -0.39 is 11.0 Å². The number of rotatable bonds is 6. The van der Waals surface area contributed by atoms with E-state index in [-0.39, 0.29) is 30.5 Å². The van der Waals surface area contributed by atoms with Gasteiger partial charge in [0.1, 0.15) is 0 Å². The van der Waals surface area contributed by atoms with Gasteiger partial charge in [0.25, 0.3) is 0 Å². The molecular weight excluding hydrogens is 216 g/mol. The van der Waals surface area contributed by atoms with Crippen LogP contribution in [0.5, 0.6) is 0 Å².